The molecule has 2 aromatic heterocycles. The molecule has 0 saturated heterocycles. The standard InChI is InChI=1S/C16H24ClN5O3/c1-10(2)22-12-11(9-18-22)13(23)20(14(17)19-12)7-6-8-21(15(24)25)16(3,4)5/h9-10H,6-8H2,1-5H3,(H,24,25). The van der Waals surface area contributed by atoms with Crippen molar-refractivity contribution in [2.75, 3.05) is 6.54 Å². The maximum Gasteiger partial charge on any atom is 0.407 e. The van der Waals surface area contributed by atoms with E-state index in [-0.39, 0.29) is 23.4 Å². The number of hydrogen-bond acceptors (Lipinski definition) is 4. The van der Waals surface area contributed by atoms with Crippen LogP contribution in [0.1, 0.15) is 47.1 Å². The zero-order chi connectivity index (χ0) is 18.9. The summed E-state index contributed by atoms with van der Waals surface area (Å²) in [5.74, 6) is 0. The number of hydrogen-bond donors (Lipinski definition) is 1. The van der Waals surface area contributed by atoms with Gasteiger partial charge >= 0.3 is 6.09 Å². The van der Waals surface area contributed by atoms with Crippen molar-refractivity contribution in [2.45, 2.75) is 59.2 Å². The van der Waals surface area contributed by atoms with E-state index in [1.54, 1.807) is 4.68 Å². The fourth-order valence-corrected chi connectivity index (χ4v) is 2.91. The Morgan fingerprint density at radius 2 is 2.04 bits per heavy atom. The van der Waals surface area contributed by atoms with Crippen LogP contribution in [0.2, 0.25) is 5.28 Å². The Kier molecular flexibility index (Phi) is 5.41. The second-order valence-corrected chi connectivity index (χ2v) is 7.55. The zero-order valence-electron chi connectivity index (χ0n) is 15.2. The lowest BCUT2D eigenvalue weighted by Gasteiger charge is -2.33. The van der Waals surface area contributed by atoms with Crippen molar-refractivity contribution in [2.24, 2.45) is 0 Å². The molecule has 0 aromatic carbocycles. The molecule has 138 valence electrons. The van der Waals surface area contributed by atoms with Gasteiger partial charge in [-0.25, -0.2) is 9.48 Å². The summed E-state index contributed by atoms with van der Waals surface area (Å²) in [4.78, 5) is 29.7. The van der Waals surface area contributed by atoms with Crippen molar-refractivity contribution < 1.29 is 9.90 Å². The van der Waals surface area contributed by atoms with Crippen molar-refractivity contribution in [1.29, 1.82) is 0 Å². The fraction of sp³-hybridized carbons (Fsp3) is 0.625. The Morgan fingerprint density at radius 1 is 1.40 bits per heavy atom. The monoisotopic (exact) mass is 369 g/mol. The second kappa shape index (κ2) is 7.03. The van der Waals surface area contributed by atoms with Gasteiger partial charge < -0.3 is 10.0 Å². The van der Waals surface area contributed by atoms with Gasteiger partial charge in [-0.2, -0.15) is 10.1 Å². The summed E-state index contributed by atoms with van der Waals surface area (Å²) in [6.07, 6.45) is 0.961. The number of rotatable bonds is 5. The summed E-state index contributed by atoms with van der Waals surface area (Å²) in [6.45, 7) is 9.95. The maximum atomic E-state index is 12.6. The predicted octanol–water partition coefficient (Wildman–Crippen LogP) is 3.00. The molecule has 0 spiro atoms. The molecule has 1 amide bonds. The molecule has 8 nitrogen and oxygen atoms in total. The summed E-state index contributed by atoms with van der Waals surface area (Å²) >= 11 is 6.19. The molecular weight excluding hydrogens is 346 g/mol. The average Bonchev–Trinajstić information content (AvgIpc) is 2.88. The van der Waals surface area contributed by atoms with Gasteiger partial charge in [0.15, 0.2) is 5.65 Å². The van der Waals surface area contributed by atoms with E-state index in [1.165, 1.54) is 15.7 Å². The van der Waals surface area contributed by atoms with Crippen LogP contribution in [0, 0.1) is 0 Å². The minimum Gasteiger partial charge on any atom is -0.465 e. The molecule has 0 saturated carbocycles. The SMILES string of the molecule is CC(C)n1ncc2c(=O)n(CCCN(C(=O)O)C(C)(C)C)c(Cl)nc21. The molecule has 0 unspecified atom stereocenters. The average molecular weight is 370 g/mol. The van der Waals surface area contributed by atoms with Gasteiger partial charge in [0.2, 0.25) is 5.28 Å². The van der Waals surface area contributed by atoms with Gasteiger partial charge in [-0.15, -0.1) is 0 Å². The quantitative estimate of drug-likeness (QED) is 0.817. The third kappa shape index (κ3) is 3.95. The lowest BCUT2D eigenvalue weighted by atomic mass is 10.1. The molecule has 0 fully saturated rings. The number of aromatic nitrogens is 4. The first-order chi connectivity index (χ1) is 11.5. The van der Waals surface area contributed by atoms with Gasteiger partial charge in [0.05, 0.1) is 6.20 Å². The largest absolute Gasteiger partial charge is 0.465 e. The van der Waals surface area contributed by atoms with E-state index in [1.807, 2.05) is 34.6 Å². The molecule has 2 aromatic rings. The first kappa shape index (κ1) is 19.2. The van der Waals surface area contributed by atoms with Crippen molar-refractivity contribution in [3.05, 3.63) is 21.8 Å². The van der Waals surface area contributed by atoms with Gasteiger partial charge in [0, 0.05) is 24.7 Å². The van der Waals surface area contributed by atoms with Gasteiger partial charge in [-0.3, -0.25) is 9.36 Å². The lowest BCUT2D eigenvalue weighted by Crippen LogP contribution is -2.45. The Bertz CT molecular complexity index is 835. The highest BCUT2D eigenvalue weighted by molar-refractivity contribution is 6.28. The molecule has 0 aliphatic rings. The predicted molar refractivity (Wildman–Crippen MR) is 96.3 cm³/mol. The van der Waals surface area contributed by atoms with E-state index in [9.17, 15) is 14.7 Å². The molecule has 0 bridgehead atoms. The first-order valence-corrected chi connectivity index (χ1v) is 8.56. The van der Waals surface area contributed by atoms with E-state index in [4.69, 9.17) is 11.6 Å². The zero-order valence-corrected chi connectivity index (χ0v) is 15.9. The highest BCUT2D eigenvalue weighted by Gasteiger charge is 2.25. The van der Waals surface area contributed by atoms with Gasteiger partial charge in [0.1, 0.15) is 5.39 Å². The maximum absolute atomic E-state index is 12.6. The molecule has 0 aliphatic carbocycles. The summed E-state index contributed by atoms with van der Waals surface area (Å²) in [7, 11) is 0. The molecular formula is C16H24ClN5O3. The van der Waals surface area contributed by atoms with Crippen molar-refractivity contribution in [1.82, 2.24) is 24.2 Å². The minimum atomic E-state index is -0.988. The molecule has 0 atom stereocenters. The lowest BCUT2D eigenvalue weighted by molar-refractivity contribution is 0.0986. The molecule has 2 heterocycles. The van der Waals surface area contributed by atoms with Crippen molar-refractivity contribution >= 4 is 28.7 Å². The van der Waals surface area contributed by atoms with Gasteiger partial charge in [0.25, 0.3) is 5.56 Å². The Morgan fingerprint density at radius 3 is 2.56 bits per heavy atom. The van der Waals surface area contributed by atoms with Crippen LogP contribution in [-0.2, 0) is 6.54 Å². The number of carboxylic acid groups (broad SMARTS) is 1. The first-order valence-electron chi connectivity index (χ1n) is 8.18. The number of carbonyl (C=O) groups is 1. The summed E-state index contributed by atoms with van der Waals surface area (Å²) < 4.78 is 3.01. The Hall–Kier alpha value is -2.09. The van der Waals surface area contributed by atoms with Crippen molar-refractivity contribution in [3.63, 3.8) is 0 Å². The van der Waals surface area contributed by atoms with Crippen molar-refractivity contribution in [3.8, 4) is 0 Å². The van der Waals surface area contributed by atoms with Gasteiger partial charge in [-0.1, -0.05) is 0 Å². The van der Waals surface area contributed by atoms with Crippen LogP contribution >= 0.6 is 11.6 Å². The number of nitrogens with zero attached hydrogens (tertiary/aromatic N) is 5. The smallest absolute Gasteiger partial charge is 0.407 e. The number of halogens is 1. The topological polar surface area (TPSA) is 93.2 Å². The molecule has 25 heavy (non-hydrogen) atoms. The minimum absolute atomic E-state index is 0.0622. The van der Waals surface area contributed by atoms with E-state index in [2.05, 4.69) is 10.1 Å². The summed E-state index contributed by atoms with van der Waals surface area (Å²) in [5.41, 5.74) is -0.316. The normalized spacial score (nSPS) is 12.1. The van der Waals surface area contributed by atoms with Crippen LogP contribution < -0.4 is 5.56 Å². The molecule has 1 N–H and O–H groups in total. The molecule has 0 radical (unpaired) electrons. The second-order valence-electron chi connectivity index (χ2n) is 7.22. The van der Waals surface area contributed by atoms with Crippen LogP contribution in [0.4, 0.5) is 4.79 Å². The number of fused-ring (bicyclic) bond motifs is 1. The molecule has 2 rings (SSSR count). The van der Waals surface area contributed by atoms with Gasteiger partial charge in [-0.05, 0) is 52.6 Å². The van der Waals surface area contributed by atoms with Crippen LogP contribution in [0.15, 0.2) is 11.0 Å². The van der Waals surface area contributed by atoms with Crippen LogP contribution in [0.5, 0.6) is 0 Å². The molecule has 0 aliphatic heterocycles. The van der Waals surface area contributed by atoms with Crippen LogP contribution in [0.3, 0.4) is 0 Å². The fourth-order valence-electron chi connectivity index (χ4n) is 2.67. The number of amides is 1. The van der Waals surface area contributed by atoms with Crippen LogP contribution in [-0.4, -0.2) is 47.5 Å². The van der Waals surface area contributed by atoms with E-state index in [0.717, 1.165) is 0 Å². The van der Waals surface area contributed by atoms with E-state index in [0.29, 0.717) is 24.0 Å². The van der Waals surface area contributed by atoms with E-state index < -0.39 is 11.6 Å². The molecule has 9 heteroatoms. The Balaban J connectivity index is 2.25. The third-order valence-corrected chi connectivity index (χ3v) is 4.25. The van der Waals surface area contributed by atoms with Crippen LogP contribution in [0.25, 0.3) is 11.0 Å². The van der Waals surface area contributed by atoms with E-state index >= 15 is 0 Å². The highest BCUT2D eigenvalue weighted by Crippen LogP contribution is 2.17. The highest BCUT2D eigenvalue weighted by atomic mass is 35.5. The summed E-state index contributed by atoms with van der Waals surface area (Å²) in [6, 6.07) is 0.0622. The Labute approximate surface area is 151 Å². The summed E-state index contributed by atoms with van der Waals surface area (Å²) in [5, 5.41) is 14.0. The third-order valence-electron chi connectivity index (χ3n) is 3.96.